The molecule has 1 N–H and O–H groups in total. The monoisotopic (exact) mass is 360 g/mol. The number of rotatable bonds is 3. The predicted molar refractivity (Wildman–Crippen MR) is 90.4 cm³/mol. The van der Waals surface area contributed by atoms with Crippen molar-refractivity contribution < 1.29 is 19.1 Å². The molecule has 1 aromatic heterocycles. The number of carbonyl (C=O) groups excluding carboxylic acids is 2. The van der Waals surface area contributed by atoms with Crippen LogP contribution in [0.25, 0.3) is 0 Å². The second kappa shape index (κ2) is 6.06. The van der Waals surface area contributed by atoms with Crippen molar-refractivity contribution in [2.24, 2.45) is 0 Å². The van der Waals surface area contributed by atoms with E-state index in [0.717, 1.165) is 32.1 Å². The number of amides is 2. The lowest BCUT2D eigenvalue weighted by Gasteiger charge is -2.40. The molecule has 4 aliphatic rings. The lowest BCUT2D eigenvalue weighted by atomic mass is 9.89. The first-order valence-corrected chi connectivity index (χ1v) is 9.55. The Bertz CT molecular complexity index is 694. The Balaban J connectivity index is 1.32. The fourth-order valence-corrected chi connectivity index (χ4v) is 5.11. The van der Waals surface area contributed by atoms with E-state index < -0.39 is 5.60 Å². The third-order valence-corrected chi connectivity index (χ3v) is 6.37. The van der Waals surface area contributed by atoms with Gasteiger partial charge in [0.25, 0.3) is 11.8 Å². The van der Waals surface area contributed by atoms with Crippen molar-refractivity contribution in [2.75, 3.05) is 26.3 Å². The molecule has 140 valence electrons. The van der Waals surface area contributed by atoms with E-state index in [1.165, 1.54) is 0 Å². The molecular formula is C18H24N4O4. The van der Waals surface area contributed by atoms with Crippen molar-refractivity contribution in [3.63, 3.8) is 0 Å². The van der Waals surface area contributed by atoms with Crippen LogP contribution in [-0.2, 0) is 14.3 Å². The molecule has 4 aliphatic heterocycles. The number of aromatic nitrogens is 2. The molecule has 8 heteroatoms. The van der Waals surface area contributed by atoms with Crippen molar-refractivity contribution in [2.45, 2.75) is 55.9 Å². The summed E-state index contributed by atoms with van der Waals surface area (Å²) < 4.78 is 11.9. The van der Waals surface area contributed by atoms with Crippen molar-refractivity contribution in [1.82, 2.24) is 20.0 Å². The number of H-pyrrole nitrogens is 1. The smallest absolute Gasteiger partial charge is 0.257 e. The maximum absolute atomic E-state index is 13.5. The van der Waals surface area contributed by atoms with Crippen LogP contribution < -0.4 is 0 Å². The van der Waals surface area contributed by atoms with Crippen LogP contribution in [0.15, 0.2) is 12.4 Å². The average Bonchev–Trinajstić information content (AvgIpc) is 3.45. The van der Waals surface area contributed by atoms with E-state index in [-0.39, 0.29) is 30.0 Å². The lowest BCUT2D eigenvalue weighted by molar-refractivity contribution is -0.170. The summed E-state index contributed by atoms with van der Waals surface area (Å²) in [4.78, 5) is 29.9. The number of nitrogens with zero attached hydrogens (tertiary/aromatic N) is 3. The number of likely N-dealkylation sites (tertiary alicyclic amines) is 2. The van der Waals surface area contributed by atoms with Gasteiger partial charge in [-0.15, -0.1) is 0 Å². The van der Waals surface area contributed by atoms with Gasteiger partial charge in [0.2, 0.25) is 0 Å². The van der Waals surface area contributed by atoms with Crippen molar-refractivity contribution in [3.8, 4) is 0 Å². The highest BCUT2D eigenvalue weighted by Gasteiger charge is 2.57. The summed E-state index contributed by atoms with van der Waals surface area (Å²) >= 11 is 0. The Hall–Kier alpha value is -1.93. The molecule has 4 saturated heterocycles. The van der Waals surface area contributed by atoms with Crippen LogP contribution in [0.4, 0.5) is 0 Å². The Kier molecular flexibility index (Phi) is 3.79. The van der Waals surface area contributed by atoms with Crippen molar-refractivity contribution in [3.05, 3.63) is 18.0 Å². The van der Waals surface area contributed by atoms with Crippen LogP contribution in [-0.4, -0.2) is 81.9 Å². The first kappa shape index (κ1) is 16.3. The van der Waals surface area contributed by atoms with Gasteiger partial charge in [-0.2, -0.15) is 5.10 Å². The predicted octanol–water partition coefficient (Wildman–Crippen LogP) is 0.563. The summed E-state index contributed by atoms with van der Waals surface area (Å²) in [7, 11) is 0. The molecule has 1 aromatic rings. The Morgan fingerprint density at radius 3 is 2.65 bits per heavy atom. The van der Waals surface area contributed by atoms with E-state index in [9.17, 15) is 9.59 Å². The number of nitrogens with one attached hydrogen (secondary N) is 1. The normalized spacial score (nSPS) is 36.2. The van der Waals surface area contributed by atoms with Gasteiger partial charge in [-0.25, -0.2) is 0 Å². The lowest BCUT2D eigenvalue weighted by Crippen LogP contribution is -2.60. The Labute approximate surface area is 151 Å². The highest BCUT2D eigenvalue weighted by molar-refractivity contribution is 5.95. The van der Waals surface area contributed by atoms with E-state index in [1.54, 1.807) is 12.4 Å². The summed E-state index contributed by atoms with van der Waals surface area (Å²) in [6.45, 7) is 2.51. The van der Waals surface area contributed by atoms with Gasteiger partial charge in [-0.05, 0) is 32.1 Å². The third-order valence-electron chi connectivity index (χ3n) is 6.37. The zero-order chi connectivity index (χ0) is 17.7. The first-order valence-electron chi connectivity index (χ1n) is 9.55. The molecule has 0 radical (unpaired) electrons. The van der Waals surface area contributed by atoms with E-state index in [2.05, 4.69) is 10.2 Å². The molecule has 2 bridgehead atoms. The number of hydrogen-bond donors (Lipinski definition) is 1. The maximum Gasteiger partial charge on any atom is 0.257 e. The topological polar surface area (TPSA) is 87.8 Å². The molecule has 5 rings (SSSR count). The van der Waals surface area contributed by atoms with E-state index in [4.69, 9.17) is 9.47 Å². The van der Waals surface area contributed by atoms with Crippen LogP contribution in [0, 0.1) is 0 Å². The van der Waals surface area contributed by atoms with Gasteiger partial charge < -0.3 is 19.3 Å². The molecule has 2 amide bonds. The number of piperazine rings is 1. The minimum Gasteiger partial charge on any atom is -0.375 e. The molecule has 8 nitrogen and oxygen atoms in total. The summed E-state index contributed by atoms with van der Waals surface area (Å²) in [6, 6.07) is 0.153. The molecule has 0 saturated carbocycles. The van der Waals surface area contributed by atoms with Gasteiger partial charge in [0.15, 0.2) is 5.60 Å². The molecule has 0 spiro atoms. The van der Waals surface area contributed by atoms with E-state index in [0.29, 0.717) is 31.9 Å². The molecule has 26 heavy (non-hydrogen) atoms. The van der Waals surface area contributed by atoms with Crippen LogP contribution in [0.1, 0.15) is 42.5 Å². The second-order valence-corrected chi connectivity index (χ2v) is 7.79. The largest absolute Gasteiger partial charge is 0.375 e. The molecule has 4 fully saturated rings. The molecule has 0 aliphatic carbocycles. The van der Waals surface area contributed by atoms with Crippen LogP contribution >= 0.6 is 0 Å². The molecule has 2 unspecified atom stereocenters. The quantitative estimate of drug-likeness (QED) is 0.851. The zero-order valence-corrected chi connectivity index (χ0v) is 14.7. The number of ether oxygens (including phenoxy) is 2. The van der Waals surface area contributed by atoms with Crippen LogP contribution in [0.2, 0.25) is 0 Å². The Morgan fingerprint density at radius 1 is 1.19 bits per heavy atom. The molecule has 0 aromatic carbocycles. The molecule has 4 atom stereocenters. The maximum atomic E-state index is 13.5. The third kappa shape index (κ3) is 2.31. The SMILES string of the molecule is O=C(c1cn[nH]c1)N1C[C@@H]2C[C@H]1CN2C(=O)C1(C2CCCO2)CCCO1. The average molecular weight is 360 g/mol. The van der Waals surface area contributed by atoms with Gasteiger partial charge in [-0.1, -0.05) is 0 Å². The second-order valence-electron chi connectivity index (χ2n) is 7.79. The van der Waals surface area contributed by atoms with Gasteiger partial charge in [0.1, 0.15) is 0 Å². The van der Waals surface area contributed by atoms with Gasteiger partial charge in [0, 0.05) is 32.5 Å². The number of hydrogen-bond acceptors (Lipinski definition) is 5. The van der Waals surface area contributed by atoms with Crippen molar-refractivity contribution in [1.29, 1.82) is 0 Å². The highest BCUT2D eigenvalue weighted by atomic mass is 16.6. The fraction of sp³-hybridized carbons (Fsp3) is 0.722. The van der Waals surface area contributed by atoms with E-state index >= 15 is 0 Å². The van der Waals surface area contributed by atoms with Crippen molar-refractivity contribution >= 4 is 11.8 Å². The summed E-state index contributed by atoms with van der Waals surface area (Å²) in [5, 5.41) is 6.54. The fourth-order valence-electron chi connectivity index (χ4n) is 5.11. The van der Waals surface area contributed by atoms with Gasteiger partial charge >= 0.3 is 0 Å². The number of carbonyl (C=O) groups is 2. The van der Waals surface area contributed by atoms with Gasteiger partial charge in [-0.3, -0.25) is 14.7 Å². The van der Waals surface area contributed by atoms with Crippen LogP contribution in [0.5, 0.6) is 0 Å². The van der Waals surface area contributed by atoms with Gasteiger partial charge in [0.05, 0.1) is 29.9 Å². The number of aromatic amines is 1. The molecular weight excluding hydrogens is 336 g/mol. The number of fused-ring (bicyclic) bond motifs is 2. The molecule has 5 heterocycles. The standard InChI is InChI=1S/C18H24N4O4/c23-16(12-8-19-20-9-12)21-10-14-7-13(21)11-22(14)17(24)18(4-2-6-26-18)15-3-1-5-25-15/h8-9,13-15H,1-7,10-11H2,(H,19,20)/t13-,14-,15?,18?/m0/s1. The minimum absolute atomic E-state index is 0.00990. The van der Waals surface area contributed by atoms with Crippen LogP contribution in [0.3, 0.4) is 0 Å². The van der Waals surface area contributed by atoms with E-state index in [1.807, 2.05) is 9.80 Å². The zero-order valence-electron chi connectivity index (χ0n) is 14.7. The summed E-state index contributed by atoms with van der Waals surface area (Å²) in [5.74, 6) is 0.0640. The summed E-state index contributed by atoms with van der Waals surface area (Å²) in [6.07, 6.45) is 7.41. The summed E-state index contributed by atoms with van der Waals surface area (Å²) in [5.41, 5.74) is -0.231. The Morgan fingerprint density at radius 2 is 2.04 bits per heavy atom. The minimum atomic E-state index is -0.805. The first-order chi connectivity index (χ1) is 12.7. The highest BCUT2D eigenvalue weighted by Crippen LogP contribution is 2.41.